The molecule has 1 N–H and O–H groups in total. The quantitative estimate of drug-likeness (QED) is 0.321. The molecule has 0 aliphatic carbocycles. The largest absolute Gasteiger partial charge is 0.508 e. The van der Waals surface area contributed by atoms with Crippen molar-refractivity contribution in [2.24, 2.45) is 0 Å². The van der Waals surface area contributed by atoms with Gasteiger partial charge in [0.2, 0.25) is 0 Å². The van der Waals surface area contributed by atoms with E-state index in [4.69, 9.17) is 0 Å². The number of hydrogen-bond donors (Lipinski definition) is 1. The van der Waals surface area contributed by atoms with Crippen LogP contribution < -0.4 is 4.90 Å². The molecule has 6 rings (SSSR count). The van der Waals surface area contributed by atoms with Crippen molar-refractivity contribution in [3.8, 4) is 16.2 Å². The summed E-state index contributed by atoms with van der Waals surface area (Å²) in [6, 6.07) is 17.3. The van der Waals surface area contributed by atoms with Crippen molar-refractivity contribution in [2.45, 2.75) is 44.2 Å². The number of thiophene rings is 3. The fourth-order valence-corrected chi connectivity index (χ4v) is 8.29. The monoisotopic (exact) mass is 475 g/mol. The summed E-state index contributed by atoms with van der Waals surface area (Å²) in [5, 5.41) is 20.5. The fraction of sp³-hybridized carbons (Fsp3) is 0.259. The van der Waals surface area contributed by atoms with Gasteiger partial charge in [-0.2, -0.15) is 11.3 Å². The summed E-state index contributed by atoms with van der Waals surface area (Å²) in [6.07, 6.45) is 4.61. The molecule has 0 amide bonds. The highest BCUT2D eigenvalue weighted by Crippen LogP contribution is 2.52. The average molecular weight is 476 g/mol. The van der Waals surface area contributed by atoms with Crippen molar-refractivity contribution >= 4 is 44.6 Å². The Morgan fingerprint density at radius 1 is 1.06 bits per heavy atom. The smallest absolute Gasteiger partial charge is 0.116 e. The lowest BCUT2D eigenvalue weighted by Crippen LogP contribution is -2.49. The third-order valence-electron chi connectivity index (χ3n) is 6.99. The van der Waals surface area contributed by atoms with Crippen LogP contribution in [0.2, 0.25) is 0 Å². The predicted molar refractivity (Wildman–Crippen MR) is 139 cm³/mol. The van der Waals surface area contributed by atoms with Crippen molar-refractivity contribution < 1.29 is 5.11 Å². The molecule has 0 saturated carbocycles. The van der Waals surface area contributed by atoms with Crippen LogP contribution in [0, 0.1) is 0 Å². The summed E-state index contributed by atoms with van der Waals surface area (Å²) in [4.78, 5) is 4.03. The first-order chi connectivity index (χ1) is 15.6. The predicted octanol–water partition coefficient (Wildman–Crippen LogP) is 8.27. The topological polar surface area (TPSA) is 23.5 Å². The molecular weight excluding hydrogens is 451 g/mol. The number of rotatable bonds is 4. The maximum Gasteiger partial charge on any atom is 0.116 e. The van der Waals surface area contributed by atoms with E-state index in [1.807, 2.05) is 34.8 Å². The number of benzene rings is 1. The van der Waals surface area contributed by atoms with Gasteiger partial charge in [0.05, 0.1) is 5.00 Å². The molecule has 4 aromatic rings. The third-order valence-corrected chi connectivity index (χ3v) is 9.50. The van der Waals surface area contributed by atoms with E-state index in [-0.39, 0.29) is 5.54 Å². The van der Waals surface area contributed by atoms with Crippen LogP contribution in [-0.2, 0) is 0 Å². The molecular formula is C27H25NOS3. The molecule has 2 atom stereocenters. The zero-order chi connectivity index (χ0) is 21.7. The van der Waals surface area contributed by atoms with Crippen molar-refractivity contribution in [3.63, 3.8) is 0 Å². The van der Waals surface area contributed by atoms with E-state index in [2.05, 4.69) is 63.7 Å². The van der Waals surface area contributed by atoms with E-state index in [9.17, 15) is 5.11 Å². The summed E-state index contributed by atoms with van der Waals surface area (Å²) in [7, 11) is 0. The molecule has 5 heterocycles. The van der Waals surface area contributed by atoms with Gasteiger partial charge in [0, 0.05) is 27.6 Å². The normalized spacial score (nSPS) is 24.2. The molecule has 1 aromatic carbocycles. The number of fused-ring (bicyclic) bond motifs is 2. The van der Waals surface area contributed by atoms with E-state index in [0.717, 1.165) is 18.4 Å². The standard InChI is InChI=1S/C27H25NOS3/c1-27-10-7-21(28(27)24-6-3-11-31-24)14-20(16-27)25(18-4-2-5-22(29)15-18)23-9-13-32-26(23)19-8-12-30-17-19/h2-6,8-9,11-13,15,17,21,29H,7,10,14,16H2,1H3/b25-20-. The van der Waals surface area contributed by atoms with Crippen LogP contribution in [0.25, 0.3) is 16.0 Å². The van der Waals surface area contributed by atoms with E-state index >= 15 is 0 Å². The van der Waals surface area contributed by atoms with E-state index in [1.54, 1.807) is 17.4 Å². The Bertz CT molecular complexity index is 1270. The Morgan fingerprint density at radius 3 is 2.75 bits per heavy atom. The minimum atomic E-state index is 0.143. The number of hydrogen-bond acceptors (Lipinski definition) is 5. The summed E-state index contributed by atoms with van der Waals surface area (Å²) < 4.78 is 0. The fourth-order valence-electron chi connectivity index (χ4n) is 5.73. The lowest BCUT2D eigenvalue weighted by Gasteiger charge is -2.45. The molecule has 0 radical (unpaired) electrons. The van der Waals surface area contributed by atoms with Crippen molar-refractivity contribution in [2.75, 3.05) is 4.90 Å². The number of aromatic hydroxyl groups is 1. The molecule has 2 fully saturated rings. The molecule has 2 unspecified atom stereocenters. The van der Waals surface area contributed by atoms with Gasteiger partial charge in [-0.25, -0.2) is 0 Å². The van der Waals surface area contributed by atoms with E-state index in [0.29, 0.717) is 11.8 Å². The van der Waals surface area contributed by atoms with Gasteiger partial charge in [-0.3, -0.25) is 0 Å². The van der Waals surface area contributed by atoms with Gasteiger partial charge in [-0.1, -0.05) is 17.7 Å². The molecule has 2 saturated heterocycles. The second-order valence-electron chi connectivity index (χ2n) is 9.10. The molecule has 5 heteroatoms. The van der Waals surface area contributed by atoms with Crippen LogP contribution in [0.1, 0.15) is 43.7 Å². The van der Waals surface area contributed by atoms with Crippen LogP contribution in [0.15, 0.2) is 75.6 Å². The van der Waals surface area contributed by atoms with Gasteiger partial charge in [0.25, 0.3) is 0 Å². The average Bonchev–Trinajstić information content (AvgIpc) is 3.55. The Hall–Kier alpha value is -2.34. The molecule has 3 aromatic heterocycles. The lowest BCUT2D eigenvalue weighted by molar-refractivity contribution is 0.419. The number of phenols is 1. The highest BCUT2D eigenvalue weighted by molar-refractivity contribution is 7.14. The Kier molecular flexibility index (Phi) is 5.01. The third kappa shape index (κ3) is 3.35. The molecule has 162 valence electrons. The van der Waals surface area contributed by atoms with Gasteiger partial charge in [-0.05, 0) is 102 Å². The van der Waals surface area contributed by atoms with Gasteiger partial charge in [-0.15, -0.1) is 22.7 Å². The Labute approximate surface area is 201 Å². The van der Waals surface area contributed by atoms with E-state index in [1.165, 1.54) is 45.0 Å². The van der Waals surface area contributed by atoms with Gasteiger partial charge in [0.1, 0.15) is 5.75 Å². The molecule has 2 aliphatic heterocycles. The van der Waals surface area contributed by atoms with Crippen molar-refractivity contribution in [1.29, 1.82) is 0 Å². The van der Waals surface area contributed by atoms with Crippen LogP contribution in [0.4, 0.5) is 5.00 Å². The van der Waals surface area contributed by atoms with Gasteiger partial charge < -0.3 is 10.0 Å². The Morgan fingerprint density at radius 2 is 2.00 bits per heavy atom. The summed E-state index contributed by atoms with van der Waals surface area (Å²) in [5.41, 5.74) is 6.73. The minimum Gasteiger partial charge on any atom is -0.508 e. The van der Waals surface area contributed by atoms with Crippen molar-refractivity contribution in [3.05, 3.63) is 86.8 Å². The molecule has 32 heavy (non-hydrogen) atoms. The van der Waals surface area contributed by atoms with Crippen LogP contribution in [0.3, 0.4) is 0 Å². The zero-order valence-electron chi connectivity index (χ0n) is 18.0. The van der Waals surface area contributed by atoms with Gasteiger partial charge >= 0.3 is 0 Å². The van der Waals surface area contributed by atoms with Gasteiger partial charge in [0.15, 0.2) is 0 Å². The number of anilines is 1. The molecule has 2 bridgehead atoms. The highest BCUT2D eigenvalue weighted by Gasteiger charge is 2.48. The van der Waals surface area contributed by atoms with Crippen LogP contribution in [-0.4, -0.2) is 16.7 Å². The molecule has 2 aliphatic rings. The molecule has 2 nitrogen and oxygen atoms in total. The SMILES string of the molecule is CC12CCC(C/C(=C(\c3cccc(O)c3)c3ccsc3-c3ccsc3)C1)N2c1cccs1. The lowest BCUT2D eigenvalue weighted by atomic mass is 9.81. The molecule has 0 spiro atoms. The first kappa shape index (κ1) is 20.3. The summed E-state index contributed by atoms with van der Waals surface area (Å²) in [6.45, 7) is 2.44. The van der Waals surface area contributed by atoms with E-state index < -0.39 is 0 Å². The second-order valence-corrected chi connectivity index (χ2v) is 11.7. The summed E-state index contributed by atoms with van der Waals surface area (Å²) >= 11 is 5.42. The maximum atomic E-state index is 10.3. The Balaban J connectivity index is 1.52. The number of nitrogens with zero attached hydrogens (tertiary/aromatic N) is 1. The van der Waals surface area contributed by atoms with Crippen molar-refractivity contribution in [1.82, 2.24) is 0 Å². The number of piperidine rings is 1. The number of phenolic OH excluding ortho intramolecular Hbond substituents is 1. The maximum absolute atomic E-state index is 10.3. The second kappa shape index (κ2) is 7.91. The highest BCUT2D eigenvalue weighted by atomic mass is 32.1. The van der Waals surface area contributed by atoms with Crippen LogP contribution in [0.5, 0.6) is 5.75 Å². The minimum absolute atomic E-state index is 0.143. The first-order valence-electron chi connectivity index (χ1n) is 11.1. The zero-order valence-corrected chi connectivity index (χ0v) is 20.4. The first-order valence-corrected chi connectivity index (χ1v) is 13.8. The van der Waals surface area contributed by atoms with Crippen LogP contribution >= 0.6 is 34.0 Å². The summed E-state index contributed by atoms with van der Waals surface area (Å²) in [5.74, 6) is 0.332.